The molecule has 35 nitrogen and oxygen atoms in total. The van der Waals surface area contributed by atoms with E-state index in [0.29, 0.717) is 140 Å². The number of imidazole rings is 5. The van der Waals surface area contributed by atoms with Crippen molar-refractivity contribution in [2.45, 2.75) is 191 Å². The summed E-state index contributed by atoms with van der Waals surface area (Å²) in [6.45, 7) is 19.4. The molecular weight excluding hydrogens is 1900 g/mol. The zero-order chi connectivity index (χ0) is 92.5. The van der Waals surface area contributed by atoms with Crippen LogP contribution in [-0.4, -0.2) is 362 Å². The molecule has 696 valence electrons. The fourth-order valence-electron chi connectivity index (χ4n) is 15.1. The minimum absolute atomic E-state index is 0.345. The summed E-state index contributed by atoms with van der Waals surface area (Å²) in [5.74, 6) is 1.68. The van der Waals surface area contributed by atoms with Crippen LogP contribution in [0, 0.1) is 8.60 Å². The molecule has 0 saturated carbocycles. The van der Waals surface area contributed by atoms with E-state index in [-0.39, 0.29) is 0 Å². The number of aromatic nitrogens is 15. The van der Waals surface area contributed by atoms with Gasteiger partial charge in [0.1, 0.15) is 88.6 Å². The number of aliphatic hydroxyl groups excluding tert-OH is 10. The SMILES string of the molecule is C=P(C)(C)CC[C@H]1O[C@@H](n2c(=S)[nH]c3c(N)ccnc32)[C@H](O)[C@@H]1O.C=P(C)(C)CC[C@H]1O[C@@H](n2c(I)nc3c(N)ccnc32)[C@H](O)[C@@H]1O.C=P(C)(C)CC[C@H]1O[C@@H](n2c(SC)nc3c(N)ccnc32)[C@H](O)[C@@H]1O.C=P(C)(C)CC[C@H]1O[C@@H](n2c(SCC)nc3c(N)ccnc32)[C@H](O)[C@@H]1O.C=P(C)(C)CC[C@H]1O[C@@H](n2c(SCCC)nc3c(N)ccnc32)[C@H](O)[C@@H]1O. The summed E-state index contributed by atoms with van der Waals surface area (Å²) < 4.78 is 39.7. The summed E-state index contributed by atoms with van der Waals surface area (Å²) in [6, 6.07) is 8.44. The molecule has 45 heteroatoms. The number of anilines is 5. The van der Waals surface area contributed by atoms with Crippen molar-refractivity contribution in [1.29, 1.82) is 0 Å². The van der Waals surface area contributed by atoms with Gasteiger partial charge in [0.2, 0.25) is 0 Å². The van der Waals surface area contributed by atoms with E-state index in [2.05, 4.69) is 177 Å². The van der Waals surface area contributed by atoms with Gasteiger partial charge in [-0.25, -0.2) is 44.9 Å². The normalized spacial score (nSPS) is 27.1. The Morgan fingerprint density at radius 3 is 0.952 bits per heavy atom. The molecule has 5 aliphatic rings. The molecule has 0 radical (unpaired) electrons. The minimum Gasteiger partial charge on any atom is -0.397 e. The van der Waals surface area contributed by atoms with Crippen LogP contribution in [0.5, 0.6) is 0 Å². The predicted octanol–water partition coefficient (Wildman–Crippen LogP) is 8.26. The fourth-order valence-corrected chi connectivity index (χ4v) is 23.1. The third kappa shape index (κ3) is 23.8. The van der Waals surface area contributed by atoms with Crippen LogP contribution in [0.4, 0.5) is 28.4 Å². The van der Waals surface area contributed by atoms with Crippen LogP contribution in [0.1, 0.15) is 83.5 Å². The monoisotopic (exact) mass is 2030 g/mol. The van der Waals surface area contributed by atoms with E-state index in [9.17, 15) is 51.1 Å². The molecule has 5 saturated heterocycles. The van der Waals surface area contributed by atoms with E-state index in [1.165, 1.54) is 23.5 Å². The first-order valence-electron chi connectivity index (χ1n) is 41.3. The Balaban J connectivity index is 0.000000153. The van der Waals surface area contributed by atoms with Crippen molar-refractivity contribution >= 4 is 220 Å². The molecule has 0 unspecified atom stereocenters. The summed E-state index contributed by atoms with van der Waals surface area (Å²) in [4.78, 5) is 42.9. The van der Waals surface area contributed by atoms with Crippen LogP contribution in [0.25, 0.3) is 55.8 Å². The zero-order valence-corrected chi connectivity index (χ0v) is 83.4. The van der Waals surface area contributed by atoms with Crippen LogP contribution < -0.4 is 28.7 Å². The Labute approximate surface area is 766 Å². The minimum atomic E-state index is -1.24. The number of ether oxygens (including phenoxy) is 5. The highest BCUT2D eigenvalue weighted by molar-refractivity contribution is 14.1. The number of pyridine rings is 5. The van der Waals surface area contributed by atoms with Crippen molar-refractivity contribution in [2.24, 2.45) is 0 Å². The number of halogens is 1. The van der Waals surface area contributed by atoms with Gasteiger partial charge < -0.3 is 108 Å². The Bertz CT molecular complexity index is 5780. The molecule has 0 bridgehead atoms. The van der Waals surface area contributed by atoms with Crippen molar-refractivity contribution in [3.8, 4) is 0 Å². The van der Waals surface area contributed by atoms with E-state index in [1.54, 1.807) is 95.9 Å². The number of aromatic amines is 1. The van der Waals surface area contributed by atoms with Crippen molar-refractivity contribution in [2.75, 3.05) is 144 Å². The topological polar surface area (TPSA) is 535 Å². The van der Waals surface area contributed by atoms with E-state index in [1.807, 2.05) is 13.2 Å². The number of fused-ring (bicyclic) bond motifs is 5. The molecule has 10 aromatic rings. The lowest BCUT2D eigenvalue weighted by Crippen LogP contribution is -2.32. The number of nitrogens with zero attached hydrogens (tertiary/aromatic N) is 14. The van der Waals surface area contributed by atoms with Crippen LogP contribution in [0.3, 0.4) is 0 Å². The number of rotatable bonds is 26. The highest BCUT2D eigenvalue weighted by Crippen LogP contribution is 2.48. The van der Waals surface area contributed by atoms with Crippen LogP contribution in [-0.2, 0) is 23.7 Å². The van der Waals surface area contributed by atoms with Crippen molar-refractivity contribution in [3.05, 3.63) is 69.9 Å². The first-order chi connectivity index (χ1) is 59.1. The molecule has 15 heterocycles. The van der Waals surface area contributed by atoms with Gasteiger partial charge in [0, 0.05) is 59.3 Å². The first kappa shape index (κ1) is 102. The van der Waals surface area contributed by atoms with Gasteiger partial charge in [-0.15, -0.1) is 65.9 Å². The number of nitrogens with one attached hydrogen (secondary N) is 1. The quantitative estimate of drug-likeness (QED) is 0.0105. The van der Waals surface area contributed by atoms with E-state index < -0.39 is 157 Å². The van der Waals surface area contributed by atoms with E-state index in [0.717, 1.165) is 48.7 Å². The summed E-state index contributed by atoms with van der Waals surface area (Å²) in [7, 11) is 0. The molecule has 5 aliphatic heterocycles. The van der Waals surface area contributed by atoms with Gasteiger partial charge >= 0.3 is 0 Å². The van der Waals surface area contributed by atoms with Crippen LogP contribution >= 0.6 is 105 Å². The summed E-state index contributed by atoms with van der Waals surface area (Å²) in [5.41, 5.74) is 38.2. The lowest BCUT2D eigenvalue weighted by Gasteiger charge is -2.19. The molecule has 0 aliphatic carbocycles. The van der Waals surface area contributed by atoms with Crippen LogP contribution in [0.15, 0.2) is 76.8 Å². The van der Waals surface area contributed by atoms with Crippen molar-refractivity contribution < 1.29 is 74.7 Å². The van der Waals surface area contributed by atoms with Gasteiger partial charge in [-0.3, -0.25) is 22.8 Å². The van der Waals surface area contributed by atoms with Gasteiger partial charge in [-0.1, -0.05) is 49.1 Å². The maximum absolute atomic E-state index is 10.7. The average Bonchev–Trinajstić information content (AvgIpc) is 1.62. The second kappa shape index (κ2) is 42.1. The molecule has 0 amide bonds. The lowest BCUT2D eigenvalue weighted by atomic mass is 10.1. The second-order valence-electron chi connectivity index (χ2n) is 35.7. The number of aliphatic hydroxyl groups is 10. The van der Waals surface area contributed by atoms with Gasteiger partial charge in [0.25, 0.3) is 0 Å². The number of H-pyrrole nitrogens is 1. The van der Waals surface area contributed by atoms with Gasteiger partial charge in [-0.05, 0) is 191 Å². The highest BCUT2D eigenvalue weighted by Gasteiger charge is 2.50. The molecule has 20 atom stereocenters. The maximum Gasteiger partial charge on any atom is 0.181 e. The number of thioether (sulfide) groups is 3. The molecule has 126 heavy (non-hydrogen) atoms. The number of hydrogen-bond acceptors (Lipinski definition) is 33. The Morgan fingerprint density at radius 2 is 0.651 bits per heavy atom. The maximum atomic E-state index is 10.7. The second-order valence-corrected chi connectivity index (χ2v) is 61.7. The van der Waals surface area contributed by atoms with Crippen LogP contribution in [0.2, 0.25) is 0 Å². The number of nitrogens with two attached hydrogens (primary N) is 5. The summed E-state index contributed by atoms with van der Waals surface area (Å²) in [5, 5.41) is 107. The molecular formula is C81H126IN20O15P5S4. The average molecular weight is 2030 g/mol. The predicted molar refractivity (Wildman–Crippen MR) is 535 cm³/mol. The zero-order valence-electron chi connectivity index (χ0n) is 73.5. The van der Waals surface area contributed by atoms with Gasteiger partial charge in [-0.2, -0.15) is 0 Å². The molecule has 5 fully saturated rings. The first-order valence-corrected chi connectivity index (χ1v) is 61.3. The summed E-state index contributed by atoms with van der Waals surface area (Å²) in [6.07, 6.45) is 23.5. The molecule has 0 aromatic carbocycles. The molecule has 15 rings (SSSR count). The third-order valence-corrected chi connectivity index (χ3v) is 32.9. The number of hydrogen-bond donors (Lipinski definition) is 16. The third-order valence-electron chi connectivity index (χ3n) is 21.9. The van der Waals surface area contributed by atoms with Gasteiger partial charge in [0.05, 0.1) is 59.0 Å². The highest BCUT2D eigenvalue weighted by atomic mass is 127. The smallest absolute Gasteiger partial charge is 0.181 e. The lowest BCUT2D eigenvalue weighted by molar-refractivity contribution is -0.0400. The van der Waals surface area contributed by atoms with E-state index in [4.69, 9.17) is 64.6 Å². The van der Waals surface area contributed by atoms with Gasteiger partial charge in [0.15, 0.2) is 83.4 Å². The van der Waals surface area contributed by atoms with Crippen molar-refractivity contribution in [3.63, 3.8) is 0 Å². The Morgan fingerprint density at radius 1 is 0.389 bits per heavy atom. The standard InChI is InChI=1S/C18H29N4O3PS.C17H27N4O3PS.C16H25N4O3PS.C15H22IN4O3P.C15H23N4O3PS/c1-5-10-27-18-21-13-11(19)6-8-20-16(13)22(18)17-15(24)14(23)12(25-17)7-9-26(2,3)4;1-5-26-17-20-12-10(18)6-8-19-15(12)21(17)16-14(23)13(22)11(24-16)7-9-25(2,3)4;1-24(2,3)8-6-10-12(21)13(22)15(23-10)20-14-11(19-16(20)25-4)9(17)5-7-18-14;1-24(2,3)7-5-9-11(21)12(22)14(23-9)20-13-10(19-15(20)16)8(17)4-6-18-13;1-23(2,3)7-5-9-11(20)12(21)14(22-9)19-13-10(18-15(19)24)8(16)4-6-17-13/h6,8,12,14-15,17,23-24H,2,5,7,9-10H2,1,3-4H3,(H2,19,20);6,8,11,13-14,16,22-23H,2,5,7,9H2,1,3-4H3,(H2,18,19);5,7,10,12-13,15,21-22H,1,6,8H2,2-4H3,(H2,17,18);4,6,9,11-12,14,21-22H,1,5,7H2,2-3H3,(H2,17,18);4,6,9,11-12,14,20-21H,1,5,7H2,2-3H3,(H2,16,17)(H,18,24)/t12-,14-,15-,17-;11-,13-,14-,16-;10-,12-,13-,15-;2*9-,11-,12-,14-/m11111/s1. The summed E-state index contributed by atoms with van der Waals surface area (Å²) >= 11 is 11.9. The largest absolute Gasteiger partial charge is 0.397 e. The fraction of sp³-hybridized carbons (Fsp3) is 0.568. The molecule has 21 N–H and O–H groups in total. The molecule has 0 spiro atoms. The van der Waals surface area contributed by atoms with E-state index >= 15 is 0 Å². The Hall–Kier alpha value is -5.00. The van der Waals surface area contributed by atoms with Crippen molar-refractivity contribution in [1.82, 2.24) is 72.7 Å². The molecule has 10 aromatic heterocycles. The Kier molecular flexibility index (Phi) is 33.9. The number of nitrogen functional groups attached to an aromatic ring is 5.